The third-order valence-electron chi connectivity index (χ3n) is 5.12. The van der Waals surface area contributed by atoms with Crippen molar-refractivity contribution in [2.45, 2.75) is 69.9 Å². The molecule has 3 nitrogen and oxygen atoms in total. The summed E-state index contributed by atoms with van der Waals surface area (Å²) in [7, 11) is 0. The molecular formula is C13H22N2O. The Hall–Kier alpha value is -0.600. The molecule has 1 heterocycles. The van der Waals surface area contributed by atoms with Crippen LogP contribution in [0.3, 0.4) is 0 Å². The lowest BCUT2D eigenvalue weighted by Gasteiger charge is -2.50. The minimum Gasteiger partial charge on any atom is -0.254 e. The van der Waals surface area contributed by atoms with Gasteiger partial charge >= 0.3 is 0 Å². The highest BCUT2D eigenvalue weighted by atomic mass is 16.3. The van der Waals surface area contributed by atoms with Crippen molar-refractivity contribution in [1.82, 2.24) is 5.01 Å². The molecule has 0 unspecified atom stereocenters. The number of hydrogen-bond acceptors (Lipinski definition) is 2. The van der Waals surface area contributed by atoms with Gasteiger partial charge in [-0.3, -0.25) is 5.01 Å². The molecule has 0 N–H and O–H groups in total. The number of rotatable bonds is 1. The van der Waals surface area contributed by atoms with E-state index in [1.165, 1.54) is 57.8 Å². The fourth-order valence-corrected chi connectivity index (χ4v) is 4.38. The Kier molecular flexibility index (Phi) is 2.86. The summed E-state index contributed by atoms with van der Waals surface area (Å²) in [6.45, 7) is 0. The predicted octanol–water partition coefficient (Wildman–Crippen LogP) is 3.49. The van der Waals surface area contributed by atoms with Crippen LogP contribution in [-0.4, -0.2) is 17.1 Å². The fourth-order valence-electron chi connectivity index (χ4n) is 4.38. The van der Waals surface area contributed by atoms with Crippen molar-refractivity contribution in [1.29, 1.82) is 0 Å². The molecule has 0 aromatic heterocycles. The molecule has 4 atom stereocenters. The number of nitroso groups, excluding NO2 is 1. The normalized spacial score (nSPS) is 43.4. The van der Waals surface area contributed by atoms with Crippen molar-refractivity contribution in [2.75, 3.05) is 0 Å². The Balaban J connectivity index is 1.81. The van der Waals surface area contributed by atoms with E-state index in [0.29, 0.717) is 12.1 Å². The molecule has 0 aromatic carbocycles. The summed E-state index contributed by atoms with van der Waals surface area (Å²) in [6.07, 6.45) is 11.8. The van der Waals surface area contributed by atoms with Crippen LogP contribution in [0.15, 0.2) is 5.29 Å². The van der Waals surface area contributed by atoms with Gasteiger partial charge in [0.1, 0.15) is 0 Å². The molecule has 0 spiro atoms. The van der Waals surface area contributed by atoms with Crippen molar-refractivity contribution in [3.8, 4) is 0 Å². The Morgan fingerprint density at radius 1 is 0.812 bits per heavy atom. The second kappa shape index (κ2) is 4.34. The summed E-state index contributed by atoms with van der Waals surface area (Å²) in [5, 5.41) is 5.38. The number of hydrogen-bond donors (Lipinski definition) is 0. The van der Waals surface area contributed by atoms with Gasteiger partial charge in [0, 0.05) is 0 Å². The summed E-state index contributed by atoms with van der Waals surface area (Å²) >= 11 is 0. The van der Waals surface area contributed by atoms with Gasteiger partial charge in [-0.2, -0.15) is 0 Å². The largest absolute Gasteiger partial charge is 0.254 e. The maximum absolute atomic E-state index is 11.1. The molecule has 3 fully saturated rings. The van der Waals surface area contributed by atoms with Crippen molar-refractivity contribution in [3.05, 3.63) is 4.91 Å². The first kappa shape index (κ1) is 10.5. The first-order valence-corrected chi connectivity index (χ1v) is 7.02. The minimum atomic E-state index is 0.491. The van der Waals surface area contributed by atoms with Crippen LogP contribution < -0.4 is 0 Å². The Morgan fingerprint density at radius 3 is 1.81 bits per heavy atom. The van der Waals surface area contributed by atoms with Gasteiger partial charge in [0.2, 0.25) is 0 Å². The highest BCUT2D eigenvalue weighted by Gasteiger charge is 2.44. The predicted molar refractivity (Wildman–Crippen MR) is 63.7 cm³/mol. The van der Waals surface area contributed by atoms with Crippen LogP contribution in [-0.2, 0) is 0 Å². The highest BCUT2D eigenvalue weighted by molar-refractivity contribution is 4.96. The summed E-state index contributed by atoms with van der Waals surface area (Å²) < 4.78 is 0. The molecular weight excluding hydrogens is 200 g/mol. The zero-order valence-corrected chi connectivity index (χ0v) is 9.98. The van der Waals surface area contributed by atoms with Crippen LogP contribution in [0.1, 0.15) is 57.8 Å². The Bertz CT molecular complexity index is 247. The maximum atomic E-state index is 11.1. The summed E-state index contributed by atoms with van der Waals surface area (Å²) in [5.41, 5.74) is 0. The van der Waals surface area contributed by atoms with E-state index in [-0.39, 0.29) is 0 Å². The Morgan fingerprint density at radius 2 is 1.31 bits per heavy atom. The molecule has 90 valence electrons. The molecule has 1 aliphatic heterocycles. The van der Waals surface area contributed by atoms with Gasteiger partial charge in [0.15, 0.2) is 0 Å². The molecule has 3 heteroatoms. The quantitative estimate of drug-likeness (QED) is 0.636. The summed E-state index contributed by atoms with van der Waals surface area (Å²) in [4.78, 5) is 11.1. The van der Waals surface area contributed by atoms with Crippen molar-refractivity contribution < 1.29 is 0 Å². The molecule has 0 radical (unpaired) electrons. The molecule has 3 rings (SSSR count). The molecule has 2 saturated carbocycles. The van der Waals surface area contributed by atoms with Gasteiger partial charge in [0.25, 0.3) is 0 Å². The first-order valence-electron chi connectivity index (χ1n) is 7.02. The third kappa shape index (κ3) is 1.64. The lowest BCUT2D eigenvalue weighted by Crippen LogP contribution is -2.54. The standard InChI is InChI=1S/C13H22N2O/c16-14-15-12-7-3-1-5-10(12)9-11-6-2-4-8-13(11)15/h10-13H,1-9H2/t10-,11+,12+,13-. The van der Waals surface area contributed by atoms with Gasteiger partial charge in [0.05, 0.1) is 17.4 Å². The van der Waals surface area contributed by atoms with E-state index < -0.39 is 0 Å². The van der Waals surface area contributed by atoms with Crippen molar-refractivity contribution in [3.63, 3.8) is 0 Å². The minimum absolute atomic E-state index is 0.491. The molecule has 16 heavy (non-hydrogen) atoms. The lowest BCUT2D eigenvalue weighted by molar-refractivity contribution is -0.0386. The second-order valence-corrected chi connectivity index (χ2v) is 5.92. The van der Waals surface area contributed by atoms with Crippen LogP contribution in [0, 0.1) is 16.7 Å². The number of nitrogens with zero attached hydrogens (tertiary/aromatic N) is 2. The topological polar surface area (TPSA) is 32.7 Å². The molecule has 3 aliphatic rings. The number of fused-ring (bicyclic) bond motifs is 2. The summed E-state index contributed by atoms with van der Waals surface area (Å²) in [6, 6.07) is 0.983. The zero-order valence-electron chi connectivity index (χ0n) is 9.98. The molecule has 0 bridgehead atoms. The average molecular weight is 222 g/mol. The van der Waals surface area contributed by atoms with Crippen LogP contribution in [0.2, 0.25) is 0 Å². The molecule has 1 saturated heterocycles. The van der Waals surface area contributed by atoms with Gasteiger partial charge in [-0.05, 0) is 43.9 Å². The average Bonchev–Trinajstić information content (AvgIpc) is 2.36. The third-order valence-corrected chi connectivity index (χ3v) is 5.12. The van der Waals surface area contributed by atoms with Crippen molar-refractivity contribution >= 4 is 0 Å². The van der Waals surface area contributed by atoms with Gasteiger partial charge in [-0.15, -0.1) is 4.91 Å². The van der Waals surface area contributed by atoms with Gasteiger partial charge in [-0.1, -0.05) is 25.7 Å². The van der Waals surface area contributed by atoms with E-state index in [4.69, 9.17) is 0 Å². The van der Waals surface area contributed by atoms with E-state index in [1.54, 1.807) is 0 Å². The monoisotopic (exact) mass is 222 g/mol. The summed E-state index contributed by atoms with van der Waals surface area (Å²) in [5.74, 6) is 1.54. The van der Waals surface area contributed by atoms with Crippen LogP contribution in [0.5, 0.6) is 0 Å². The number of piperidine rings is 1. The lowest BCUT2D eigenvalue weighted by atomic mass is 9.69. The zero-order chi connectivity index (χ0) is 11.0. The van der Waals surface area contributed by atoms with E-state index in [0.717, 1.165) is 11.8 Å². The van der Waals surface area contributed by atoms with Crippen molar-refractivity contribution in [2.24, 2.45) is 17.1 Å². The van der Waals surface area contributed by atoms with E-state index in [1.807, 2.05) is 5.01 Å². The fraction of sp³-hybridized carbons (Fsp3) is 1.00. The van der Waals surface area contributed by atoms with Crippen LogP contribution >= 0.6 is 0 Å². The van der Waals surface area contributed by atoms with E-state index in [9.17, 15) is 4.91 Å². The SMILES string of the molecule is O=NN1[C@@H]2CCCC[C@H]2C[C@H]2CCCC[C@@H]21. The van der Waals surface area contributed by atoms with E-state index >= 15 is 0 Å². The van der Waals surface area contributed by atoms with Crippen LogP contribution in [0.4, 0.5) is 0 Å². The van der Waals surface area contributed by atoms with Gasteiger partial charge in [-0.25, -0.2) is 0 Å². The Labute approximate surface area is 97.5 Å². The highest BCUT2D eigenvalue weighted by Crippen LogP contribution is 2.45. The molecule has 0 amide bonds. The molecule has 2 aliphatic carbocycles. The van der Waals surface area contributed by atoms with Gasteiger partial charge < -0.3 is 0 Å². The second-order valence-electron chi connectivity index (χ2n) is 5.92. The smallest absolute Gasteiger partial charge is 0.0534 e. The van der Waals surface area contributed by atoms with Crippen LogP contribution in [0.25, 0.3) is 0 Å². The molecule has 0 aromatic rings. The maximum Gasteiger partial charge on any atom is 0.0534 e. The first-order chi connectivity index (χ1) is 7.90. The van der Waals surface area contributed by atoms with E-state index in [2.05, 4.69) is 5.29 Å².